The van der Waals surface area contributed by atoms with Crippen LogP contribution in [-0.4, -0.2) is 69.8 Å². The number of hydrogen-bond acceptors (Lipinski definition) is 6. The minimum Gasteiger partial charge on any atom is -0.382 e. The number of amides is 2. The van der Waals surface area contributed by atoms with Crippen molar-refractivity contribution in [1.29, 1.82) is 0 Å². The maximum Gasteiger partial charge on any atom is 0.317 e. The SMILES string of the molecule is CCOCCCc1cccc(CCN(C)C(=O)N[C@H]2CCC[C@@H](Nc3nc(-c4c[nH]c5ncc(F)cc45)ncc3F)C2)c1. The van der Waals surface area contributed by atoms with E-state index in [1.54, 1.807) is 11.1 Å². The van der Waals surface area contributed by atoms with Crippen molar-refractivity contribution >= 4 is 22.9 Å². The minimum absolute atomic E-state index is 0.0399. The molecule has 3 heterocycles. The number of urea groups is 1. The summed E-state index contributed by atoms with van der Waals surface area (Å²) in [6, 6.07) is 9.63. The van der Waals surface area contributed by atoms with Gasteiger partial charge < -0.3 is 25.3 Å². The fraction of sp³-hybridized carbons (Fsp3) is 0.438. The van der Waals surface area contributed by atoms with Crippen LogP contribution in [0.5, 0.6) is 0 Å². The first-order valence-corrected chi connectivity index (χ1v) is 15.0. The quantitative estimate of drug-likeness (QED) is 0.178. The van der Waals surface area contributed by atoms with Gasteiger partial charge in [0.25, 0.3) is 0 Å². The lowest BCUT2D eigenvalue weighted by atomic mass is 9.91. The van der Waals surface area contributed by atoms with Crippen LogP contribution in [0.25, 0.3) is 22.4 Å². The van der Waals surface area contributed by atoms with E-state index in [2.05, 4.69) is 54.8 Å². The lowest BCUT2D eigenvalue weighted by Gasteiger charge is -2.32. The fourth-order valence-electron chi connectivity index (χ4n) is 5.55. The number of halogens is 2. The molecule has 0 aliphatic heterocycles. The zero-order valence-corrected chi connectivity index (χ0v) is 24.7. The Labute approximate surface area is 250 Å². The monoisotopic (exact) mass is 591 g/mol. The van der Waals surface area contributed by atoms with Gasteiger partial charge in [0.2, 0.25) is 0 Å². The van der Waals surface area contributed by atoms with Crippen molar-refractivity contribution in [2.75, 3.05) is 32.1 Å². The molecule has 43 heavy (non-hydrogen) atoms. The van der Waals surface area contributed by atoms with Gasteiger partial charge in [-0.15, -0.1) is 0 Å². The molecule has 5 rings (SSSR count). The number of aromatic amines is 1. The molecular weight excluding hydrogens is 552 g/mol. The number of likely N-dealkylation sites (N-methyl/N-ethyl adjacent to an activating group) is 1. The zero-order valence-electron chi connectivity index (χ0n) is 24.7. The summed E-state index contributed by atoms with van der Waals surface area (Å²) >= 11 is 0. The number of aryl methyl sites for hydroxylation is 1. The summed E-state index contributed by atoms with van der Waals surface area (Å²) in [5, 5.41) is 6.89. The minimum atomic E-state index is -0.572. The highest BCUT2D eigenvalue weighted by Gasteiger charge is 2.26. The van der Waals surface area contributed by atoms with Gasteiger partial charge in [-0.2, -0.15) is 0 Å². The number of ether oxygens (including phenoxy) is 1. The maximum absolute atomic E-state index is 14.7. The standard InChI is InChI=1S/C32H39F2N7O2/c1-3-43-14-6-9-21-7-4-8-22(15-21)12-13-41(2)32(42)39-25-11-5-10-24(17-25)38-31-28(34)20-37-30(40-31)27-19-36-29-26(27)16-23(33)18-35-29/h4,7-8,15-16,18-20,24-25H,3,5-6,9-14,17H2,1-2H3,(H,35,36)(H,39,42)(H,37,38,40)/t24-,25+/m1/s1. The Bertz CT molecular complexity index is 1530. The molecule has 1 fully saturated rings. The van der Waals surface area contributed by atoms with E-state index >= 15 is 0 Å². The Kier molecular flexibility index (Phi) is 10.1. The number of anilines is 1. The summed E-state index contributed by atoms with van der Waals surface area (Å²) in [6.45, 7) is 4.11. The Hall–Kier alpha value is -4.12. The van der Waals surface area contributed by atoms with Crippen LogP contribution < -0.4 is 10.6 Å². The predicted octanol–water partition coefficient (Wildman–Crippen LogP) is 5.87. The molecule has 4 aromatic rings. The summed E-state index contributed by atoms with van der Waals surface area (Å²) in [5.74, 6) is -0.705. The van der Waals surface area contributed by atoms with Crippen LogP contribution >= 0.6 is 0 Å². The molecule has 0 bridgehead atoms. The zero-order chi connectivity index (χ0) is 30.2. The molecule has 1 saturated carbocycles. The van der Waals surface area contributed by atoms with Crippen LogP contribution in [0.1, 0.15) is 50.2 Å². The summed E-state index contributed by atoms with van der Waals surface area (Å²) in [5.41, 5.74) is 3.52. The molecule has 0 spiro atoms. The van der Waals surface area contributed by atoms with Crippen LogP contribution in [0.2, 0.25) is 0 Å². The van der Waals surface area contributed by atoms with E-state index in [-0.39, 0.29) is 29.8 Å². The third-order valence-corrected chi connectivity index (χ3v) is 7.86. The molecule has 0 radical (unpaired) electrons. The average Bonchev–Trinajstić information content (AvgIpc) is 3.42. The molecule has 9 nitrogen and oxygen atoms in total. The Morgan fingerprint density at radius 1 is 1.12 bits per heavy atom. The van der Waals surface area contributed by atoms with E-state index in [0.717, 1.165) is 64.1 Å². The summed E-state index contributed by atoms with van der Waals surface area (Å²) in [6.07, 6.45) is 9.82. The van der Waals surface area contributed by atoms with Crippen LogP contribution in [-0.2, 0) is 17.6 Å². The van der Waals surface area contributed by atoms with Crippen LogP contribution in [0.4, 0.5) is 19.4 Å². The van der Waals surface area contributed by atoms with Crippen molar-refractivity contribution in [2.45, 2.75) is 64.0 Å². The van der Waals surface area contributed by atoms with Crippen LogP contribution in [0, 0.1) is 11.6 Å². The van der Waals surface area contributed by atoms with Crippen molar-refractivity contribution < 1.29 is 18.3 Å². The van der Waals surface area contributed by atoms with E-state index in [4.69, 9.17) is 4.74 Å². The summed E-state index contributed by atoms with van der Waals surface area (Å²) in [7, 11) is 1.81. The lowest BCUT2D eigenvalue weighted by molar-refractivity contribution is 0.145. The van der Waals surface area contributed by atoms with Gasteiger partial charge in [0, 0.05) is 56.0 Å². The number of aromatic nitrogens is 4. The molecule has 1 aromatic carbocycles. The molecule has 3 aromatic heterocycles. The lowest BCUT2D eigenvalue weighted by Crippen LogP contribution is -2.47. The Morgan fingerprint density at radius 3 is 2.77 bits per heavy atom. The Morgan fingerprint density at radius 2 is 1.93 bits per heavy atom. The fourth-order valence-corrected chi connectivity index (χ4v) is 5.55. The molecule has 11 heteroatoms. The number of nitrogens with one attached hydrogen (secondary N) is 3. The smallest absolute Gasteiger partial charge is 0.317 e. The number of fused-ring (bicyclic) bond motifs is 1. The molecule has 1 aliphatic rings. The maximum atomic E-state index is 14.7. The third-order valence-electron chi connectivity index (χ3n) is 7.86. The topological polar surface area (TPSA) is 108 Å². The van der Waals surface area contributed by atoms with Crippen LogP contribution in [0.3, 0.4) is 0 Å². The van der Waals surface area contributed by atoms with Crippen molar-refractivity contribution in [3.63, 3.8) is 0 Å². The average molecular weight is 592 g/mol. The highest BCUT2D eigenvalue weighted by molar-refractivity contribution is 5.91. The van der Waals surface area contributed by atoms with Crippen molar-refractivity contribution in [3.8, 4) is 11.4 Å². The number of benzene rings is 1. The van der Waals surface area contributed by atoms with Gasteiger partial charge in [-0.05, 0) is 69.1 Å². The second kappa shape index (κ2) is 14.4. The van der Waals surface area contributed by atoms with E-state index < -0.39 is 11.6 Å². The van der Waals surface area contributed by atoms with Crippen molar-refractivity contribution in [3.05, 3.63) is 71.7 Å². The molecule has 2 atom stereocenters. The van der Waals surface area contributed by atoms with Gasteiger partial charge in [-0.1, -0.05) is 24.3 Å². The van der Waals surface area contributed by atoms with Gasteiger partial charge in [-0.25, -0.2) is 28.5 Å². The summed E-state index contributed by atoms with van der Waals surface area (Å²) < 4.78 is 34.0. The molecule has 0 saturated heterocycles. The van der Waals surface area contributed by atoms with E-state index in [1.165, 1.54) is 17.2 Å². The summed E-state index contributed by atoms with van der Waals surface area (Å²) in [4.78, 5) is 30.3. The first kappa shape index (κ1) is 30.3. The van der Waals surface area contributed by atoms with Gasteiger partial charge >= 0.3 is 6.03 Å². The third kappa shape index (κ3) is 8.04. The van der Waals surface area contributed by atoms with E-state index in [9.17, 15) is 13.6 Å². The van der Waals surface area contributed by atoms with Gasteiger partial charge in [0.05, 0.1) is 12.4 Å². The molecule has 3 N–H and O–H groups in total. The highest BCUT2D eigenvalue weighted by atomic mass is 19.1. The number of carbonyl (C=O) groups is 1. The van der Waals surface area contributed by atoms with E-state index in [0.29, 0.717) is 29.6 Å². The number of hydrogen-bond donors (Lipinski definition) is 3. The number of carbonyl (C=O) groups excluding carboxylic acids is 1. The largest absolute Gasteiger partial charge is 0.382 e. The second-order valence-corrected chi connectivity index (χ2v) is 11.1. The first-order valence-electron chi connectivity index (χ1n) is 15.0. The number of pyridine rings is 1. The molecule has 228 valence electrons. The molecular formula is C32H39F2N7O2. The van der Waals surface area contributed by atoms with E-state index in [1.807, 2.05) is 14.0 Å². The van der Waals surface area contributed by atoms with Crippen molar-refractivity contribution in [2.24, 2.45) is 0 Å². The predicted molar refractivity (Wildman–Crippen MR) is 163 cm³/mol. The number of nitrogens with zero attached hydrogens (tertiary/aromatic N) is 4. The molecule has 1 aliphatic carbocycles. The van der Waals surface area contributed by atoms with Gasteiger partial charge in [0.1, 0.15) is 11.5 Å². The molecule has 2 amide bonds. The molecule has 0 unspecified atom stereocenters. The first-order chi connectivity index (χ1) is 20.9. The van der Waals surface area contributed by atoms with Gasteiger partial charge in [0.15, 0.2) is 17.5 Å². The Balaban J connectivity index is 1.14. The highest BCUT2D eigenvalue weighted by Crippen LogP contribution is 2.28. The number of H-pyrrole nitrogens is 1. The number of rotatable bonds is 12. The van der Waals surface area contributed by atoms with Gasteiger partial charge in [-0.3, -0.25) is 0 Å². The second-order valence-electron chi connectivity index (χ2n) is 11.1. The normalized spacial score (nSPS) is 16.7. The van der Waals surface area contributed by atoms with Crippen LogP contribution in [0.15, 0.2) is 48.9 Å². The van der Waals surface area contributed by atoms with Crippen molar-refractivity contribution in [1.82, 2.24) is 30.2 Å².